The van der Waals surface area contributed by atoms with E-state index in [4.69, 9.17) is 10.00 Å². The standard InChI is InChI=1S/C16H19FN2O3/c1-10(2)16(4,9-18)19-15(21)8-22-12-5-6-13(11(3)20)14(17)7-12/h5-7,10H,8H2,1-4H3,(H,19,21)/t16-/m0/s1. The van der Waals surface area contributed by atoms with E-state index < -0.39 is 17.3 Å². The minimum atomic E-state index is -0.996. The first-order valence-electron chi connectivity index (χ1n) is 6.85. The number of benzene rings is 1. The lowest BCUT2D eigenvalue weighted by atomic mass is 9.90. The molecule has 0 spiro atoms. The van der Waals surface area contributed by atoms with Crippen LogP contribution in [0.5, 0.6) is 5.75 Å². The first kappa shape index (κ1) is 17.6. The van der Waals surface area contributed by atoms with Gasteiger partial charge in [0.1, 0.15) is 17.1 Å². The van der Waals surface area contributed by atoms with Crippen molar-refractivity contribution in [1.29, 1.82) is 5.26 Å². The highest BCUT2D eigenvalue weighted by Gasteiger charge is 2.30. The van der Waals surface area contributed by atoms with Gasteiger partial charge in [-0.2, -0.15) is 5.26 Å². The second-order valence-corrected chi connectivity index (χ2v) is 5.50. The van der Waals surface area contributed by atoms with Crippen molar-refractivity contribution in [2.45, 2.75) is 33.2 Å². The molecule has 0 fully saturated rings. The first-order valence-corrected chi connectivity index (χ1v) is 6.85. The summed E-state index contributed by atoms with van der Waals surface area (Å²) < 4.78 is 18.8. The summed E-state index contributed by atoms with van der Waals surface area (Å²) in [4.78, 5) is 22.9. The number of ketones is 1. The molecule has 0 radical (unpaired) electrons. The van der Waals surface area contributed by atoms with Crippen LogP contribution in [0.1, 0.15) is 38.1 Å². The number of hydrogen-bond acceptors (Lipinski definition) is 4. The predicted molar refractivity (Wildman–Crippen MR) is 78.9 cm³/mol. The Morgan fingerprint density at radius 1 is 1.45 bits per heavy atom. The third-order valence-electron chi connectivity index (χ3n) is 3.48. The summed E-state index contributed by atoms with van der Waals surface area (Å²) in [7, 11) is 0. The lowest BCUT2D eigenvalue weighted by Crippen LogP contribution is -2.50. The maximum absolute atomic E-state index is 13.6. The Hall–Kier alpha value is -2.42. The molecule has 1 rings (SSSR count). The van der Waals surface area contributed by atoms with Crippen LogP contribution in [-0.4, -0.2) is 23.8 Å². The molecule has 0 aliphatic carbocycles. The van der Waals surface area contributed by atoms with Crippen LogP contribution in [0.15, 0.2) is 18.2 Å². The van der Waals surface area contributed by atoms with Gasteiger partial charge in [0.05, 0.1) is 11.6 Å². The normalized spacial score (nSPS) is 13.1. The highest BCUT2D eigenvalue weighted by molar-refractivity contribution is 5.94. The van der Waals surface area contributed by atoms with Crippen LogP contribution in [0.2, 0.25) is 0 Å². The van der Waals surface area contributed by atoms with Gasteiger partial charge in [-0.05, 0) is 31.9 Å². The summed E-state index contributed by atoms with van der Waals surface area (Å²) in [6, 6.07) is 5.82. The van der Waals surface area contributed by atoms with Crippen LogP contribution >= 0.6 is 0 Å². The molecule has 5 nitrogen and oxygen atoms in total. The van der Waals surface area contributed by atoms with Crippen LogP contribution in [0.4, 0.5) is 4.39 Å². The molecule has 1 amide bonds. The third-order valence-corrected chi connectivity index (χ3v) is 3.48. The number of amides is 1. The van der Waals surface area contributed by atoms with E-state index in [1.165, 1.54) is 19.1 Å². The molecule has 22 heavy (non-hydrogen) atoms. The molecule has 1 N–H and O–H groups in total. The Morgan fingerprint density at radius 3 is 2.55 bits per heavy atom. The van der Waals surface area contributed by atoms with Gasteiger partial charge in [0.25, 0.3) is 5.91 Å². The van der Waals surface area contributed by atoms with Gasteiger partial charge in [0, 0.05) is 6.07 Å². The summed E-state index contributed by atoms with van der Waals surface area (Å²) in [5.74, 6) is -1.50. The van der Waals surface area contributed by atoms with Crippen molar-refractivity contribution in [2.75, 3.05) is 6.61 Å². The van der Waals surface area contributed by atoms with Gasteiger partial charge in [-0.3, -0.25) is 9.59 Å². The van der Waals surface area contributed by atoms with Crippen molar-refractivity contribution >= 4 is 11.7 Å². The zero-order valence-corrected chi connectivity index (χ0v) is 13.1. The molecule has 1 atom stereocenters. The lowest BCUT2D eigenvalue weighted by molar-refractivity contribution is -0.124. The van der Waals surface area contributed by atoms with Crippen LogP contribution in [-0.2, 0) is 4.79 Å². The molecule has 1 aromatic carbocycles. The minimum Gasteiger partial charge on any atom is -0.484 e. The number of Topliss-reactive ketones (excluding diaryl/α,β-unsaturated/α-hetero) is 1. The Kier molecular flexibility index (Phi) is 5.63. The van der Waals surface area contributed by atoms with E-state index in [1.54, 1.807) is 6.92 Å². The van der Waals surface area contributed by atoms with E-state index in [2.05, 4.69) is 11.4 Å². The number of carbonyl (C=O) groups is 2. The predicted octanol–water partition coefficient (Wildman–Crippen LogP) is 2.46. The van der Waals surface area contributed by atoms with Gasteiger partial charge in [-0.1, -0.05) is 13.8 Å². The molecule has 0 aliphatic rings. The Morgan fingerprint density at radius 2 is 2.09 bits per heavy atom. The zero-order valence-electron chi connectivity index (χ0n) is 13.1. The van der Waals surface area contributed by atoms with Crippen molar-refractivity contribution in [1.82, 2.24) is 5.32 Å². The molecule has 0 unspecified atom stereocenters. The number of ether oxygens (including phenoxy) is 1. The van der Waals surface area contributed by atoms with Crippen LogP contribution in [0.25, 0.3) is 0 Å². The maximum Gasteiger partial charge on any atom is 0.259 e. The molecule has 0 aliphatic heterocycles. The molecular formula is C16H19FN2O3. The number of hydrogen-bond donors (Lipinski definition) is 1. The summed E-state index contributed by atoms with van der Waals surface area (Å²) in [6.07, 6.45) is 0. The molecular weight excluding hydrogens is 287 g/mol. The molecule has 118 valence electrons. The molecule has 0 saturated carbocycles. The van der Waals surface area contributed by atoms with Crippen molar-refractivity contribution in [3.05, 3.63) is 29.6 Å². The van der Waals surface area contributed by atoms with E-state index in [9.17, 15) is 14.0 Å². The SMILES string of the molecule is CC(=O)c1ccc(OCC(=O)N[C@@](C)(C#N)C(C)C)cc1F. The Balaban J connectivity index is 2.67. The summed E-state index contributed by atoms with van der Waals surface area (Å²) in [5.41, 5.74) is -1.03. The summed E-state index contributed by atoms with van der Waals surface area (Å²) >= 11 is 0. The van der Waals surface area contributed by atoms with Gasteiger partial charge in [-0.15, -0.1) is 0 Å². The zero-order chi connectivity index (χ0) is 16.9. The number of carbonyl (C=O) groups excluding carboxylic acids is 2. The smallest absolute Gasteiger partial charge is 0.259 e. The number of halogens is 1. The average Bonchev–Trinajstić information content (AvgIpc) is 2.44. The number of nitrogens with one attached hydrogen (secondary N) is 1. The number of nitrogens with zero attached hydrogens (tertiary/aromatic N) is 1. The third kappa shape index (κ3) is 4.29. The Bertz CT molecular complexity index is 622. The molecule has 0 bridgehead atoms. The number of nitriles is 1. The van der Waals surface area contributed by atoms with E-state index in [0.717, 1.165) is 6.07 Å². The van der Waals surface area contributed by atoms with Gasteiger partial charge in [0.15, 0.2) is 12.4 Å². The second-order valence-electron chi connectivity index (χ2n) is 5.50. The van der Waals surface area contributed by atoms with Gasteiger partial charge >= 0.3 is 0 Å². The van der Waals surface area contributed by atoms with Crippen molar-refractivity contribution in [3.8, 4) is 11.8 Å². The van der Waals surface area contributed by atoms with Gasteiger partial charge in [-0.25, -0.2) is 4.39 Å². The fourth-order valence-corrected chi connectivity index (χ4v) is 1.65. The van der Waals surface area contributed by atoms with Crippen molar-refractivity contribution < 1.29 is 18.7 Å². The minimum absolute atomic E-state index is 0.0336. The lowest BCUT2D eigenvalue weighted by Gasteiger charge is -2.27. The van der Waals surface area contributed by atoms with Crippen molar-refractivity contribution in [2.24, 2.45) is 5.92 Å². The molecule has 0 aromatic heterocycles. The molecule has 6 heteroatoms. The fraction of sp³-hybridized carbons (Fsp3) is 0.438. The Labute approximate surface area is 129 Å². The summed E-state index contributed by atoms with van der Waals surface area (Å²) in [6.45, 7) is 6.18. The fourth-order valence-electron chi connectivity index (χ4n) is 1.65. The summed E-state index contributed by atoms with van der Waals surface area (Å²) in [5, 5.41) is 11.7. The van der Waals surface area contributed by atoms with Crippen LogP contribution in [0, 0.1) is 23.1 Å². The first-order chi connectivity index (χ1) is 10.2. The second kappa shape index (κ2) is 7.03. The van der Waals surface area contributed by atoms with Crippen molar-refractivity contribution in [3.63, 3.8) is 0 Å². The van der Waals surface area contributed by atoms with E-state index in [1.807, 2.05) is 13.8 Å². The maximum atomic E-state index is 13.6. The van der Waals surface area contributed by atoms with Gasteiger partial charge in [0.2, 0.25) is 0 Å². The largest absolute Gasteiger partial charge is 0.484 e. The van der Waals surface area contributed by atoms with E-state index in [0.29, 0.717) is 0 Å². The van der Waals surface area contributed by atoms with E-state index in [-0.39, 0.29) is 29.6 Å². The van der Waals surface area contributed by atoms with Gasteiger partial charge < -0.3 is 10.1 Å². The monoisotopic (exact) mass is 306 g/mol. The highest BCUT2D eigenvalue weighted by Crippen LogP contribution is 2.18. The number of rotatable bonds is 6. The topological polar surface area (TPSA) is 79.2 Å². The van der Waals surface area contributed by atoms with Crippen LogP contribution in [0.3, 0.4) is 0 Å². The molecule has 0 saturated heterocycles. The molecule has 0 heterocycles. The molecule has 1 aromatic rings. The van der Waals surface area contributed by atoms with E-state index >= 15 is 0 Å². The highest BCUT2D eigenvalue weighted by atomic mass is 19.1. The quantitative estimate of drug-likeness (QED) is 0.819. The van der Waals surface area contributed by atoms with Crippen LogP contribution < -0.4 is 10.1 Å². The average molecular weight is 306 g/mol.